The van der Waals surface area contributed by atoms with Crippen LogP contribution < -0.4 is 10.1 Å². The Morgan fingerprint density at radius 3 is 2.95 bits per heavy atom. The van der Waals surface area contributed by atoms with Gasteiger partial charge in [0.15, 0.2) is 0 Å². The molecule has 3 N–H and O–H groups in total. The Balaban J connectivity index is 2.01. The summed E-state index contributed by atoms with van der Waals surface area (Å²) in [6.07, 6.45) is 3.99. The van der Waals surface area contributed by atoms with Crippen LogP contribution in [0.2, 0.25) is 0 Å². The summed E-state index contributed by atoms with van der Waals surface area (Å²) in [6, 6.07) is 7.57. The van der Waals surface area contributed by atoms with Gasteiger partial charge in [0.25, 0.3) is 0 Å². The van der Waals surface area contributed by atoms with Gasteiger partial charge in [-0.05, 0) is 43.5 Å². The molecule has 0 amide bonds. The Morgan fingerprint density at radius 1 is 1.40 bits per heavy atom. The van der Waals surface area contributed by atoms with Crippen molar-refractivity contribution in [1.82, 2.24) is 5.32 Å². The van der Waals surface area contributed by atoms with Crippen LogP contribution in [-0.2, 0) is 6.61 Å². The third kappa shape index (κ3) is 3.72. The molecule has 1 aliphatic carbocycles. The van der Waals surface area contributed by atoms with Crippen molar-refractivity contribution in [1.29, 1.82) is 0 Å². The molecule has 0 aromatic heterocycles. The minimum absolute atomic E-state index is 0.0276. The van der Waals surface area contributed by atoms with Crippen LogP contribution in [0.15, 0.2) is 24.3 Å². The Kier molecular flexibility index (Phi) is 5.40. The number of aliphatic hydroxyl groups is 2. The highest BCUT2D eigenvalue weighted by atomic mass is 16.5. The summed E-state index contributed by atoms with van der Waals surface area (Å²) in [5, 5.41) is 22.3. The highest BCUT2D eigenvalue weighted by Gasteiger charge is 2.36. The summed E-state index contributed by atoms with van der Waals surface area (Å²) >= 11 is 0. The second-order valence-electron chi connectivity index (χ2n) is 5.61. The van der Waals surface area contributed by atoms with Crippen LogP contribution in [0.3, 0.4) is 0 Å². The highest BCUT2D eigenvalue weighted by Crippen LogP contribution is 2.31. The third-order valence-electron chi connectivity index (χ3n) is 4.04. The first kappa shape index (κ1) is 15.3. The van der Waals surface area contributed by atoms with Gasteiger partial charge < -0.3 is 20.3 Å². The molecule has 0 aliphatic heterocycles. The Hall–Kier alpha value is -1.10. The summed E-state index contributed by atoms with van der Waals surface area (Å²) in [7, 11) is 0. The molecule has 1 aromatic rings. The largest absolute Gasteiger partial charge is 0.490 e. The van der Waals surface area contributed by atoms with E-state index < -0.39 is 0 Å². The van der Waals surface area contributed by atoms with E-state index in [9.17, 15) is 5.11 Å². The second-order valence-corrected chi connectivity index (χ2v) is 5.61. The van der Waals surface area contributed by atoms with Crippen molar-refractivity contribution < 1.29 is 14.9 Å². The smallest absolute Gasteiger partial charge is 0.120 e. The standard InChI is InChI=1S/C16H25NO3/c1-2-17-16(12-19)8-4-7-15(10-16)20-14-6-3-5-13(9-14)11-18/h3,5-6,9,15,17-19H,2,4,7-8,10-12H2,1H3. The van der Waals surface area contributed by atoms with Gasteiger partial charge in [0.05, 0.1) is 13.2 Å². The lowest BCUT2D eigenvalue weighted by Crippen LogP contribution is -2.53. The summed E-state index contributed by atoms with van der Waals surface area (Å²) in [5.74, 6) is 0.798. The van der Waals surface area contributed by atoms with Crippen LogP contribution in [0.1, 0.15) is 38.2 Å². The average Bonchev–Trinajstić information content (AvgIpc) is 2.48. The number of hydrogen-bond acceptors (Lipinski definition) is 4. The maximum atomic E-state index is 9.69. The molecule has 1 fully saturated rings. The first-order valence-electron chi connectivity index (χ1n) is 7.44. The summed E-state index contributed by atoms with van der Waals surface area (Å²) in [4.78, 5) is 0. The van der Waals surface area contributed by atoms with Crippen LogP contribution in [0.5, 0.6) is 5.75 Å². The lowest BCUT2D eigenvalue weighted by molar-refractivity contribution is 0.0519. The molecule has 0 spiro atoms. The SMILES string of the molecule is CCNC1(CO)CCCC(Oc2cccc(CO)c2)C1. The Morgan fingerprint density at radius 2 is 2.25 bits per heavy atom. The first-order chi connectivity index (χ1) is 9.71. The molecule has 1 aliphatic rings. The van der Waals surface area contributed by atoms with Crippen molar-refractivity contribution in [2.45, 2.75) is 50.9 Å². The molecule has 2 unspecified atom stereocenters. The predicted molar refractivity (Wildman–Crippen MR) is 78.7 cm³/mol. The van der Waals surface area contributed by atoms with E-state index in [1.165, 1.54) is 0 Å². The monoisotopic (exact) mass is 279 g/mol. The number of rotatable bonds is 6. The van der Waals surface area contributed by atoms with Crippen LogP contribution in [0, 0.1) is 0 Å². The second kappa shape index (κ2) is 7.07. The topological polar surface area (TPSA) is 61.7 Å². The van der Waals surface area contributed by atoms with E-state index in [0.29, 0.717) is 0 Å². The number of hydrogen-bond donors (Lipinski definition) is 3. The average molecular weight is 279 g/mol. The van der Waals surface area contributed by atoms with Gasteiger partial charge in [-0.1, -0.05) is 19.1 Å². The maximum Gasteiger partial charge on any atom is 0.120 e. The maximum absolute atomic E-state index is 9.69. The molecule has 4 nitrogen and oxygen atoms in total. The van der Waals surface area contributed by atoms with E-state index in [1.807, 2.05) is 24.3 Å². The number of aliphatic hydroxyl groups excluding tert-OH is 2. The quantitative estimate of drug-likeness (QED) is 0.743. The third-order valence-corrected chi connectivity index (χ3v) is 4.04. The molecule has 112 valence electrons. The molecule has 0 saturated heterocycles. The summed E-state index contributed by atoms with van der Waals surface area (Å²) in [6.45, 7) is 3.09. The number of ether oxygens (including phenoxy) is 1. The molecule has 4 heteroatoms. The summed E-state index contributed by atoms with van der Waals surface area (Å²) in [5.41, 5.74) is 0.658. The van der Waals surface area contributed by atoms with Crippen molar-refractivity contribution >= 4 is 0 Å². The molecular weight excluding hydrogens is 254 g/mol. The van der Waals surface area contributed by atoms with Crippen molar-refractivity contribution in [2.75, 3.05) is 13.2 Å². The highest BCUT2D eigenvalue weighted by molar-refractivity contribution is 5.28. The Bertz CT molecular complexity index is 420. The van der Waals surface area contributed by atoms with Gasteiger partial charge in [-0.15, -0.1) is 0 Å². The molecule has 0 bridgehead atoms. The zero-order chi connectivity index (χ0) is 14.4. The zero-order valence-electron chi connectivity index (χ0n) is 12.1. The zero-order valence-corrected chi connectivity index (χ0v) is 12.1. The van der Waals surface area contributed by atoms with Crippen molar-refractivity contribution in [3.63, 3.8) is 0 Å². The lowest BCUT2D eigenvalue weighted by Gasteiger charge is -2.40. The molecule has 1 aromatic carbocycles. The predicted octanol–water partition coefficient (Wildman–Crippen LogP) is 1.84. The fourth-order valence-electron chi connectivity index (χ4n) is 3.05. The first-order valence-corrected chi connectivity index (χ1v) is 7.44. The van der Waals surface area contributed by atoms with E-state index in [2.05, 4.69) is 12.2 Å². The van der Waals surface area contributed by atoms with Crippen LogP contribution in [0.4, 0.5) is 0 Å². The van der Waals surface area contributed by atoms with Crippen LogP contribution >= 0.6 is 0 Å². The van der Waals surface area contributed by atoms with Crippen molar-refractivity contribution in [2.24, 2.45) is 0 Å². The van der Waals surface area contributed by atoms with Crippen LogP contribution in [0.25, 0.3) is 0 Å². The van der Waals surface area contributed by atoms with Crippen LogP contribution in [-0.4, -0.2) is 35.0 Å². The van der Waals surface area contributed by atoms with E-state index in [-0.39, 0.29) is 24.9 Å². The fourth-order valence-corrected chi connectivity index (χ4v) is 3.05. The molecule has 2 atom stereocenters. The number of nitrogens with one attached hydrogen (secondary N) is 1. The number of benzene rings is 1. The van der Waals surface area contributed by atoms with Gasteiger partial charge in [0, 0.05) is 12.0 Å². The van der Waals surface area contributed by atoms with E-state index in [1.54, 1.807) is 0 Å². The molecule has 2 rings (SSSR count). The minimum Gasteiger partial charge on any atom is -0.490 e. The van der Waals surface area contributed by atoms with Gasteiger partial charge in [0.2, 0.25) is 0 Å². The minimum atomic E-state index is -0.202. The van der Waals surface area contributed by atoms with E-state index >= 15 is 0 Å². The molecular formula is C16H25NO3. The van der Waals surface area contributed by atoms with Crippen molar-refractivity contribution in [3.8, 4) is 5.75 Å². The molecule has 20 heavy (non-hydrogen) atoms. The van der Waals surface area contributed by atoms with Gasteiger partial charge in [-0.25, -0.2) is 0 Å². The fraction of sp³-hybridized carbons (Fsp3) is 0.625. The van der Waals surface area contributed by atoms with Gasteiger partial charge in [0.1, 0.15) is 11.9 Å². The Labute approximate surface area is 120 Å². The molecule has 0 radical (unpaired) electrons. The van der Waals surface area contributed by atoms with Gasteiger partial charge >= 0.3 is 0 Å². The molecule has 0 heterocycles. The van der Waals surface area contributed by atoms with E-state index in [0.717, 1.165) is 43.5 Å². The van der Waals surface area contributed by atoms with Gasteiger partial charge in [-0.3, -0.25) is 0 Å². The molecule has 1 saturated carbocycles. The summed E-state index contributed by atoms with van der Waals surface area (Å²) < 4.78 is 6.04. The number of likely N-dealkylation sites (N-methyl/N-ethyl adjacent to an activating group) is 1. The lowest BCUT2D eigenvalue weighted by atomic mass is 9.80. The normalized spacial score (nSPS) is 26.4. The van der Waals surface area contributed by atoms with Crippen molar-refractivity contribution in [3.05, 3.63) is 29.8 Å². The van der Waals surface area contributed by atoms with E-state index in [4.69, 9.17) is 9.84 Å². The van der Waals surface area contributed by atoms with Gasteiger partial charge in [-0.2, -0.15) is 0 Å².